The van der Waals surface area contributed by atoms with E-state index in [2.05, 4.69) is 9.64 Å². The molecule has 0 aliphatic carbocycles. The summed E-state index contributed by atoms with van der Waals surface area (Å²) in [4.78, 5) is 13.2. The lowest BCUT2D eigenvalue weighted by atomic mass is 10.2. The summed E-state index contributed by atoms with van der Waals surface area (Å²) >= 11 is 0. The van der Waals surface area contributed by atoms with Gasteiger partial charge in [0.15, 0.2) is 0 Å². The molecule has 0 saturated carbocycles. The maximum atomic E-state index is 11.0. The summed E-state index contributed by atoms with van der Waals surface area (Å²) in [5.41, 5.74) is 5.61. The Hall–Kier alpha value is -0.0700. The number of hydrogen-bond donors (Lipinski definition) is 1. The van der Waals surface area contributed by atoms with E-state index in [1.54, 1.807) is 0 Å². The van der Waals surface area contributed by atoms with Crippen molar-refractivity contribution in [2.75, 3.05) is 40.0 Å². The van der Waals surface area contributed by atoms with Gasteiger partial charge in [0.2, 0.25) is 0 Å². The van der Waals surface area contributed by atoms with Gasteiger partial charge in [-0.1, -0.05) is 0 Å². The predicted octanol–water partition coefficient (Wildman–Crippen LogP) is 0.0526. The number of esters is 1. The van der Waals surface area contributed by atoms with Crippen LogP contribution in [0.25, 0.3) is 0 Å². The third-order valence-electron chi connectivity index (χ3n) is 2.36. The molecule has 1 aliphatic heterocycles. The highest BCUT2D eigenvalue weighted by atomic mass is 35.5. The summed E-state index contributed by atoms with van der Waals surface area (Å²) < 4.78 is 9.76. The third kappa shape index (κ3) is 6.50. The van der Waals surface area contributed by atoms with E-state index in [4.69, 9.17) is 10.5 Å². The van der Waals surface area contributed by atoms with E-state index in [1.807, 2.05) is 0 Å². The second-order valence-electron chi connectivity index (χ2n) is 3.37. The maximum Gasteiger partial charge on any atom is 0.322 e. The number of methoxy groups -OCH3 is 1. The molecule has 16 heavy (non-hydrogen) atoms. The Morgan fingerprint density at radius 1 is 1.44 bits per heavy atom. The molecule has 1 aliphatic rings. The van der Waals surface area contributed by atoms with Crippen LogP contribution in [0, 0.1) is 0 Å². The van der Waals surface area contributed by atoms with Crippen molar-refractivity contribution in [3.63, 3.8) is 0 Å². The van der Waals surface area contributed by atoms with Gasteiger partial charge in [-0.2, -0.15) is 0 Å². The number of carbonyl (C=O) groups is 1. The molecule has 1 unspecified atom stereocenters. The topological polar surface area (TPSA) is 64.8 Å². The highest BCUT2D eigenvalue weighted by Crippen LogP contribution is 2.00. The number of morpholine rings is 1. The summed E-state index contributed by atoms with van der Waals surface area (Å²) in [6.45, 7) is 4.22. The van der Waals surface area contributed by atoms with Gasteiger partial charge in [0, 0.05) is 19.6 Å². The smallest absolute Gasteiger partial charge is 0.322 e. The zero-order valence-corrected chi connectivity index (χ0v) is 11.0. The molecule has 0 aromatic carbocycles. The molecule has 1 rings (SSSR count). The second-order valence-corrected chi connectivity index (χ2v) is 3.37. The van der Waals surface area contributed by atoms with Crippen LogP contribution in [0.15, 0.2) is 0 Å². The predicted molar refractivity (Wildman–Crippen MR) is 66.4 cm³/mol. The minimum absolute atomic E-state index is 0. The summed E-state index contributed by atoms with van der Waals surface area (Å²) in [5, 5.41) is 0. The Balaban J connectivity index is 0. The molecule has 1 fully saturated rings. The second kappa shape index (κ2) is 10.1. The molecule has 5 nitrogen and oxygen atoms in total. The lowest BCUT2D eigenvalue weighted by molar-refractivity contribution is -0.142. The first-order chi connectivity index (χ1) is 6.74. The van der Waals surface area contributed by atoms with Gasteiger partial charge in [-0.15, -0.1) is 24.8 Å². The monoisotopic (exact) mass is 274 g/mol. The summed E-state index contributed by atoms with van der Waals surface area (Å²) in [6.07, 6.45) is 0.646. The van der Waals surface area contributed by atoms with Crippen molar-refractivity contribution in [1.29, 1.82) is 0 Å². The van der Waals surface area contributed by atoms with Crippen molar-refractivity contribution < 1.29 is 14.3 Å². The molecule has 0 aromatic rings. The van der Waals surface area contributed by atoms with Crippen molar-refractivity contribution in [2.45, 2.75) is 12.5 Å². The van der Waals surface area contributed by atoms with Crippen LogP contribution >= 0.6 is 24.8 Å². The Bertz CT molecular complexity index is 190. The quantitative estimate of drug-likeness (QED) is 0.735. The van der Waals surface area contributed by atoms with E-state index in [-0.39, 0.29) is 30.8 Å². The van der Waals surface area contributed by atoms with E-state index in [0.29, 0.717) is 6.42 Å². The Morgan fingerprint density at radius 2 is 2.00 bits per heavy atom. The Labute approximate surface area is 108 Å². The summed E-state index contributed by atoms with van der Waals surface area (Å²) in [5.74, 6) is -0.335. The molecule has 0 spiro atoms. The number of halogens is 2. The molecular weight excluding hydrogens is 255 g/mol. The normalized spacial score (nSPS) is 17.9. The number of hydrogen-bond acceptors (Lipinski definition) is 5. The van der Waals surface area contributed by atoms with Crippen LogP contribution < -0.4 is 5.73 Å². The molecule has 0 bridgehead atoms. The van der Waals surface area contributed by atoms with Gasteiger partial charge in [-0.25, -0.2) is 0 Å². The Kier molecular flexibility index (Phi) is 11.6. The Morgan fingerprint density at radius 3 is 2.50 bits per heavy atom. The lowest BCUT2D eigenvalue weighted by Gasteiger charge is -2.27. The first-order valence-electron chi connectivity index (χ1n) is 4.87. The lowest BCUT2D eigenvalue weighted by Crippen LogP contribution is -2.41. The van der Waals surface area contributed by atoms with Crippen LogP contribution in [0.2, 0.25) is 0 Å². The SMILES string of the molecule is COC(=O)C(N)CCN1CCOCC1.Cl.Cl. The molecule has 7 heteroatoms. The maximum absolute atomic E-state index is 11.0. The van der Waals surface area contributed by atoms with Crippen LogP contribution in [0.5, 0.6) is 0 Å². The largest absolute Gasteiger partial charge is 0.468 e. The fourth-order valence-electron chi connectivity index (χ4n) is 1.42. The molecular formula is C9H20Cl2N2O3. The molecule has 0 radical (unpaired) electrons. The van der Waals surface area contributed by atoms with E-state index in [9.17, 15) is 4.79 Å². The first-order valence-corrected chi connectivity index (χ1v) is 4.87. The van der Waals surface area contributed by atoms with E-state index < -0.39 is 6.04 Å². The molecule has 98 valence electrons. The standard InChI is InChI=1S/C9H18N2O3.2ClH/c1-13-9(12)8(10)2-3-11-4-6-14-7-5-11;;/h8H,2-7,10H2,1H3;2*1H. The molecule has 1 saturated heterocycles. The van der Waals surface area contributed by atoms with Crippen LogP contribution in [0.1, 0.15) is 6.42 Å². The minimum atomic E-state index is -0.497. The number of rotatable bonds is 4. The van der Waals surface area contributed by atoms with Crippen LogP contribution in [0.3, 0.4) is 0 Å². The zero-order valence-electron chi connectivity index (χ0n) is 9.39. The van der Waals surface area contributed by atoms with Crippen molar-refractivity contribution in [2.24, 2.45) is 5.73 Å². The van der Waals surface area contributed by atoms with E-state index in [0.717, 1.165) is 32.8 Å². The van der Waals surface area contributed by atoms with Crippen molar-refractivity contribution in [3.05, 3.63) is 0 Å². The highest BCUT2D eigenvalue weighted by molar-refractivity contribution is 5.85. The van der Waals surface area contributed by atoms with E-state index in [1.165, 1.54) is 7.11 Å². The van der Waals surface area contributed by atoms with Gasteiger partial charge in [0.1, 0.15) is 6.04 Å². The fourth-order valence-corrected chi connectivity index (χ4v) is 1.42. The molecule has 2 N–H and O–H groups in total. The zero-order chi connectivity index (χ0) is 10.4. The fraction of sp³-hybridized carbons (Fsp3) is 0.889. The first kappa shape index (κ1) is 18.3. The van der Waals surface area contributed by atoms with Gasteiger partial charge >= 0.3 is 5.97 Å². The van der Waals surface area contributed by atoms with Crippen molar-refractivity contribution >= 4 is 30.8 Å². The third-order valence-corrected chi connectivity index (χ3v) is 2.36. The summed E-state index contributed by atoms with van der Waals surface area (Å²) in [7, 11) is 1.36. The number of nitrogens with two attached hydrogens (primary N) is 1. The molecule has 1 atom stereocenters. The highest BCUT2D eigenvalue weighted by Gasteiger charge is 2.16. The summed E-state index contributed by atoms with van der Waals surface area (Å²) in [6, 6.07) is -0.497. The minimum Gasteiger partial charge on any atom is -0.468 e. The number of ether oxygens (including phenoxy) is 2. The van der Waals surface area contributed by atoms with Gasteiger partial charge in [0.25, 0.3) is 0 Å². The number of carbonyl (C=O) groups excluding carboxylic acids is 1. The van der Waals surface area contributed by atoms with Gasteiger partial charge < -0.3 is 15.2 Å². The van der Waals surface area contributed by atoms with Crippen LogP contribution in [-0.4, -0.2) is 56.9 Å². The van der Waals surface area contributed by atoms with Crippen LogP contribution in [-0.2, 0) is 14.3 Å². The van der Waals surface area contributed by atoms with Crippen LogP contribution in [0.4, 0.5) is 0 Å². The van der Waals surface area contributed by atoms with Crippen molar-refractivity contribution in [3.8, 4) is 0 Å². The van der Waals surface area contributed by atoms with Gasteiger partial charge in [0.05, 0.1) is 20.3 Å². The average Bonchev–Trinajstić information content (AvgIpc) is 2.26. The van der Waals surface area contributed by atoms with E-state index >= 15 is 0 Å². The van der Waals surface area contributed by atoms with Gasteiger partial charge in [-0.05, 0) is 6.42 Å². The average molecular weight is 275 g/mol. The van der Waals surface area contributed by atoms with Gasteiger partial charge in [-0.3, -0.25) is 9.69 Å². The molecule has 1 heterocycles. The number of nitrogens with zero attached hydrogens (tertiary/aromatic N) is 1. The van der Waals surface area contributed by atoms with Crippen molar-refractivity contribution in [1.82, 2.24) is 4.90 Å². The molecule has 0 aromatic heterocycles. The molecule has 0 amide bonds.